The number of unbranched alkanes of at least 4 members (excludes halogenated alkanes) is 5. The number of hydrogen-bond donors (Lipinski definition) is 0. The van der Waals surface area contributed by atoms with Crippen molar-refractivity contribution in [1.29, 1.82) is 0 Å². The molecular weight excluding hydrogens is 204 g/mol. The van der Waals surface area contributed by atoms with Crippen LogP contribution in [0, 0.1) is 0 Å². The van der Waals surface area contributed by atoms with Crippen LogP contribution in [0.15, 0.2) is 35.5 Å². The van der Waals surface area contributed by atoms with Crippen molar-refractivity contribution in [2.45, 2.75) is 72.6 Å². The van der Waals surface area contributed by atoms with Gasteiger partial charge in [0.05, 0.1) is 0 Å². The molecule has 0 spiro atoms. The second-order valence-electron chi connectivity index (χ2n) is 5.16. The van der Waals surface area contributed by atoms with E-state index in [-0.39, 0.29) is 0 Å². The fraction of sp³-hybridized carbons (Fsp3) is 0.647. The van der Waals surface area contributed by atoms with Crippen LogP contribution in [0.2, 0.25) is 0 Å². The summed E-state index contributed by atoms with van der Waals surface area (Å²) < 4.78 is 0. The third-order valence-electron chi connectivity index (χ3n) is 3.22. The molecule has 0 aliphatic heterocycles. The highest BCUT2D eigenvalue weighted by atomic mass is 14.0. The van der Waals surface area contributed by atoms with Gasteiger partial charge in [0.25, 0.3) is 0 Å². The van der Waals surface area contributed by atoms with E-state index in [1.165, 1.54) is 56.1 Å². The second kappa shape index (κ2) is 10.4. The van der Waals surface area contributed by atoms with E-state index >= 15 is 0 Å². The molecule has 0 bridgehead atoms. The summed E-state index contributed by atoms with van der Waals surface area (Å²) in [7, 11) is 0. The van der Waals surface area contributed by atoms with E-state index in [1.54, 1.807) is 0 Å². The van der Waals surface area contributed by atoms with Crippen LogP contribution in [0.25, 0.3) is 0 Å². The lowest BCUT2D eigenvalue weighted by molar-refractivity contribution is 0.606. The Bertz CT molecular complexity index is 266. The van der Waals surface area contributed by atoms with Gasteiger partial charge in [-0.2, -0.15) is 0 Å². The van der Waals surface area contributed by atoms with Crippen LogP contribution < -0.4 is 0 Å². The van der Waals surface area contributed by atoms with E-state index in [1.807, 2.05) is 0 Å². The van der Waals surface area contributed by atoms with E-state index in [4.69, 9.17) is 0 Å². The van der Waals surface area contributed by atoms with Crippen LogP contribution in [-0.4, -0.2) is 0 Å². The minimum Gasteiger partial charge on any atom is -0.0958 e. The predicted molar refractivity (Wildman–Crippen MR) is 80.3 cm³/mol. The predicted octanol–water partition coefficient (Wildman–Crippen LogP) is 6.21. The van der Waals surface area contributed by atoms with Crippen molar-refractivity contribution in [1.82, 2.24) is 0 Å². The quantitative estimate of drug-likeness (QED) is 0.329. The summed E-state index contributed by atoms with van der Waals surface area (Å²) in [5.41, 5.74) is 3.93. The van der Waals surface area contributed by atoms with Gasteiger partial charge >= 0.3 is 0 Å². The van der Waals surface area contributed by atoms with E-state index in [2.05, 4.69) is 46.4 Å². The van der Waals surface area contributed by atoms with E-state index in [0.717, 1.165) is 5.57 Å². The van der Waals surface area contributed by atoms with Crippen LogP contribution in [0.1, 0.15) is 72.6 Å². The minimum absolute atomic E-state index is 1.16. The highest BCUT2D eigenvalue weighted by Crippen LogP contribution is 2.12. The average molecular weight is 234 g/mol. The Kier molecular flexibility index (Phi) is 9.90. The SMILES string of the molecule is C=C(C)/C(C)=C\C=C(/C)CCCCCCCC. The fourth-order valence-electron chi connectivity index (χ4n) is 1.68. The van der Waals surface area contributed by atoms with Crippen molar-refractivity contribution in [2.24, 2.45) is 0 Å². The summed E-state index contributed by atoms with van der Waals surface area (Å²) in [6.45, 7) is 12.6. The average Bonchev–Trinajstić information content (AvgIpc) is 2.30. The normalized spacial score (nSPS) is 12.9. The van der Waals surface area contributed by atoms with Crippen molar-refractivity contribution >= 4 is 0 Å². The molecule has 0 saturated heterocycles. The maximum absolute atomic E-state index is 3.94. The molecular formula is C17H30. The third-order valence-corrected chi connectivity index (χ3v) is 3.22. The largest absolute Gasteiger partial charge is 0.0958 e. The van der Waals surface area contributed by atoms with Gasteiger partial charge in [0.2, 0.25) is 0 Å². The topological polar surface area (TPSA) is 0 Å². The lowest BCUT2D eigenvalue weighted by Gasteiger charge is -2.02. The molecule has 0 aliphatic rings. The Morgan fingerprint density at radius 2 is 1.47 bits per heavy atom. The van der Waals surface area contributed by atoms with Gasteiger partial charge in [0.15, 0.2) is 0 Å². The highest BCUT2D eigenvalue weighted by Gasteiger charge is 1.92. The monoisotopic (exact) mass is 234 g/mol. The molecule has 17 heavy (non-hydrogen) atoms. The van der Waals surface area contributed by atoms with Gasteiger partial charge in [0.1, 0.15) is 0 Å². The summed E-state index contributed by atoms with van der Waals surface area (Å²) in [4.78, 5) is 0. The van der Waals surface area contributed by atoms with Gasteiger partial charge in [-0.3, -0.25) is 0 Å². The summed E-state index contributed by atoms with van der Waals surface area (Å²) in [6, 6.07) is 0. The number of rotatable bonds is 9. The molecule has 0 unspecified atom stereocenters. The second-order valence-corrected chi connectivity index (χ2v) is 5.16. The van der Waals surface area contributed by atoms with Gasteiger partial charge in [-0.1, -0.05) is 68.9 Å². The zero-order valence-corrected chi connectivity index (χ0v) is 12.3. The van der Waals surface area contributed by atoms with Crippen molar-refractivity contribution in [3.63, 3.8) is 0 Å². The van der Waals surface area contributed by atoms with Crippen LogP contribution in [-0.2, 0) is 0 Å². The molecule has 0 heteroatoms. The smallest absolute Gasteiger partial charge is 0.0320 e. The maximum Gasteiger partial charge on any atom is -0.0320 e. The molecule has 0 aromatic heterocycles. The molecule has 0 radical (unpaired) electrons. The summed E-state index contributed by atoms with van der Waals surface area (Å²) in [5.74, 6) is 0. The number of hydrogen-bond acceptors (Lipinski definition) is 0. The van der Waals surface area contributed by atoms with E-state index in [9.17, 15) is 0 Å². The van der Waals surface area contributed by atoms with Crippen LogP contribution >= 0.6 is 0 Å². The molecule has 0 N–H and O–H groups in total. The third kappa shape index (κ3) is 10.1. The molecule has 0 fully saturated rings. The lowest BCUT2D eigenvalue weighted by atomic mass is 10.0. The van der Waals surface area contributed by atoms with E-state index < -0.39 is 0 Å². The Morgan fingerprint density at radius 3 is 2.06 bits per heavy atom. The van der Waals surface area contributed by atoms with Crippen LogP contribution in [0.3, 0.4) is 0 Å². The number of allylic oxidation sites excluding steroid dienone is 5. The van der Waals surface area contributed by atoms with Crippen molar-refractivity contribution in [3.8, 4) is 0 Å². The minimum atomic E-state index is 1.16. The molecule has 0 amide bonds. The highest BCUT2D eigenvalue weighted by molar-refractivity contribution is 5.28. The molecule has 98 valence electrons. The Morgan fingerprint density at radius 1 is 0.882 bits per heavy atom. The zero-order chi connectivity index (χ0) is 13.1. The summed E-state index contributed by atoms with van der Waals surface area (Å²) in [6.07, 6.45) is 14.0. The summed E-state index contributed by atoms with van der Waals surface area (Å²) >= 11 is 0. The van der Waals surface area contributed by atoms with Crippen LogP contribution in [0.5, 0.6) is 0 Å². The van der Waals surface area contributed by atoms with Gasteiger partial charge in [-0.05, 0) is 39.2 Å². The van der Waals surface area contributed by atoms with E-state index in [0.29, 0.717) is 0 Å². The van der Waals surface area contributed by atoms with Gasteiger partial charge < -0.3 is 0 Å². The van der Waals surface area contributed by atoms with Crippen LogP contribution in [0.4, 0.5) is 0 Å². The zero-order valence-electron chi connectivity index (χ0n) is 12.3. The first-order valence-corrected chi connectivity index (χ1v) is 7.07. The Hall–Kier alpha value is -0.780. The molecule has 0 nitrogen and oxygen atoms in total. The molecule has 0 rings (SSSR count). The summed E-state index contributed by atoms with van der Waals surface area (Å²) in [5, 5.41) is 0. The van der Waals surface area contributed by atoms with Gasteiger partial charge in [0, 0.05) is 0 Å². The molecule has 0 aromatic carbocycles. The van der Waals surface area contributed by atoms with Gasteiger partial charge in [-0.25, -0.2) is 0 Å². The lowest BCUT2D eigenvalue weighted by Crippen LogP contribution is -1.82. The standard InChI is InChI=1S/C17H30/c1-6-7-8-9-10-11-12-16(4)13-14-17(5)15(2)3/h13-14H,2,6-12H2,1,3-5H3/b16-13+,17-14-. The molecule has 0 atom stereocenters. The maximum atomic E-state index is 3.94. The van der Waals surface area contributed by atoms with Crippen molar-refractivity contribution < 1.29 is 0 Å². The fourth-order valence-corrected chi connectivity index (χ4v) is 1.68. The first kappa shape index (κ1) is 16.2. The van der Waals surface area contributed by atoms with Crippen molar-refractivity contribution in [3.05, 3.63) is 35.5 Å². The molecule has 0 heterocycles. The first-order valence-electron chi connectivity index (χ1n) is 7.07. The first-order chi connectivity index (χ1) is 8.07. The Labute approximate surface area is 109 Å². The van der Waals surface area contributed by atoms with Gasteiger partial charge in [-0.15, -0.1) is 0 Å². The molecule has 0 aromatic rings. The molecule has 0 aliphatic carbocycles. The van der Waals surface area contributed by atoms with Crippen molar-refractivity contribution in [2.75, 3.05) is 0 Å². The Balaban J connectivity index is 3.71. The molecule has 0 saturated carbocycles.